The molecule has 1 aromatic carbocycles. The lowest BCUT2D eigenvalue weighted by atomic mass is 10.1. The van der Waals surface area contributed by atoms with Crippen LogP contribution in [0.4, 0.5) is 5.69 Å². The van der Waals surface area contributed by atoms with E-state index in [1.165, 1.54) is 0 Å². The van der Waals surface area contributed by atoms with Gasteiger partial charge in [0, 0.05) is 16.6 Å². The third-order valence-corrected chi connectivity index (χ3v) is 3.81. The number of hydrogen-bond donors (Lipinski definition) is 1. The Morgan fingerprint density at radius 2 is 2.29 bits per heavy atom. The number of halogens is 1. The van der Waals surface area contributed by atoms with Gasteiger partial charge in [-0.05, 0) is 54.0 Å². The van der Waals surface area contributed by atoms with Crippen LogP contribution in [-0.4, -0.2) is 18.6 Å². The van der Waals surface area contributed by atoms with E-state index in [0.717, 1.165) is 35.1 Å². The summed E-state index contributed by atoms with van der Waals surface area (Å²) < 4.78 is 6.56. The van der Waals surface area contributed by atoms with Crippen molar-refractivity contribution < 1.29 is 9.53 Å². The summed E-state index contributed by atoms with van der Waals surface area (Å²) in [5, 5.41) is 2.93. The summed E-state index contributed by atoms with van der Waals surface area (Å²) in [7, 11) is 0. The highest BCUT2D eigenvalue weighted by molar-refractivity contribution is 14.1. The molecule has 0 bridgehead atoms. The van der Waals surface area contributed by atoms with Crippen molar-refractivity contribution in [2.75, 3.05) is 11.9 Å². The molecule has 1 heterocycles. The first-order valence-electron chi connectivity index (χ1n) is 5.91. The number of ether oxygens (including phenoxy) is 1. The largest absolute Gasteiger partial charge is 0.378 e. The molecule has 1 amide bonds. The van der Waals surface area contributed by atoms with Crippen LogP contribution >= 0.6 is 22.6 Å². The second-order valence-electron chi connectivity index (χ2n) is 4.20. The van der Waals surface area contributed by atoms with Gasteiger partial charge >= 0.3 is 0 Å². The molecular formula is C13H16INO2. The van der Waals surface area contributed by atoms with E-state index in [0.29, 0.717) is 6.42 Å². The summed E-state index contributed by atoms with van der Waals surface area (Å²) in [5.41, 5.74) is 0.894. The van der Waals surface area contributed by atoms with Crippen LogP contribution in [-0.2, 0) is 9.53 Å². The maximum Gasteiger partial charge on any atom is 0.224 e. The summed E-state index contributed by atoms with van der Waals surface area (Å²) in [6.45, 7) is 0.850. The first-order chi connectivity index (χ1) is 8.25. The van der Waals surface area contributed by atoms with Crippen molar-refractivity contribution >= 4 is 34.2 Å². The lowest BCUT2D eigenvalue weighted by molar-refractivity contribution is -0.116. The smallest absolute Gasteiger partial charge is 0.224 e. The van der Waals surface area contributed by atoms with Crippen LogP contribution in [0.15, 0.2) is 24.3 Å². The molecule has 0 aromatic heterocycles. The van der Waals surface area contributed by atoms with E-state index in [-0.39, 0.29) is 12.0 Å². The van der Waals surface area contributed by atoms with Crippen LogP contribution in [0, 0.1) is 3.57 Å². The number of para-hydroxylation sites is 1. The molecule has 1 aliphatic heterocycles. The molecule has 0 unspecified atom stereocenters. The maximum atomic E-state index is 11.8. The minimum atomic E-state index is 0.0737. The molecule has 17 heavy (non-hydrogen) atoms. The van der Waals surface area contributed by atoms with Gasteiger partial charge in [-0.1, -0.05) is 12.1 Å². The van der Waals surface area contributed by atoms with Gasteiger partial charge in [-0.15, -0.1) is 0 Å². The fraction of sp³-hybridized carbons (Fsp3) is 0.462. The zero-order chi connectivity index (χ0) is 12.1. The third kappa shape index (κ3) is 3.96. The van der Waals surface area contributed by atoms with E-state index in [2.05, 4.69) is 27.9 Å². The second-order valence-corrected chi connectivity index (χ2v) is 5.36. The maximum absolute atomic E-state index is 11.8. The molecule has 1 saturated heterocycles. The van der Waals surface area contributed by atoms with Gasteiger partial charge in [0.2, 0.25) is 5.91 Å². The molecule has 1 atom stereocenters. The van der Waals surface area contributed by atoms with Crippen LogP contribution in [0.5, 0.6) is 0 Å². The summed E-state index contributed by atoms with van der Waals surface area (Å²) in [6, 6.07) is 7.80. The first kappa shape index (κ1) is 12.8. The Balaban J connectivity index is 1.79. The number of amides is 1. The standard InChI is InChI=1S/C13H16INO2/c14-11-5-1-2-6-12(11)15-13(16)8-7-10-4-3-9-17-10/h1-2,5-6,10H,3-4,7-9H2,(H,15,16)/t10-/m1/s1. The van der Waals surface area contributed by atoms with Crippen molar-refractivity contribution in [3.05, 3.63) is 27.8 Å². The van der Waals surface area contributed by atoms with Crippen molar-refractivity contribution in [1.29, 1.82) is 0 Å². The van der Waals surface area contributed by atoms with Crippen LogP contribution in [0.25, 0.3) is 0 Å². The molecule has 1 N–H and O–H groups in total. The molecular weight excluding hydrogens is 329 g/mol. The SMILES string of the molecule is O=C(CC[C@H]1CCCO1)Nc1ccccc1I. The summed E-state index contributed by atoms with van der Waals surface area (Å²) in [5.74, 6) is 0.0737. The highest BCUT2D eigenvalue weighted by atomic mass is 127. The van der Waals surface area contributed by atoms with E-state index < -0.39 is 0 Å². The molecule has 92 valence electrons. The average molecular weight is 345 g/mol. The van der Waals surface area contributed by atoms with Crippen LogP contribution < -0.4 is 5.32 Å². The van der Waals surface area contributed by atoms with Gasteiger partial charge in [-0.25, -0.2) is 0 Å². The second kappa shape index (κ2) is 6.35. The topological polar surface area (TPSA) is 38.3 Å². The minimum Gasteiger partial charge on any atom is -0.378 e. The number of rotatable bonds is 4. The van der Waals surface area contributed by atoms with E-state index >= 15 is 0 Å². The molecule has 0 radical (unpaired) electrons. The Labute approximate surface area is 115 Å². The zero-order valence-corrected chi connectivity index (χ0v) is 11.8. The van der Waals surface area contributed by atoms with E-state index in [1.54, 1.807) is 0 Å². The van der Waals surface area contributed by atoms with Crippen molar-refractivity contribution in [2.24, 2.45) is 0 Å². The average Bonchev–Trinajstić information content (AvgIpc) is 2.82. The molecule has 1 fully saturated rings. The summed E-state index contributed by atoms with van der Waals surface area (Å²) >= 11 is 2.22. The molecule has 1 aliphatic rings. The molecule has 4 heteroatoms. The number of anilines is 1. The highest BCUT2D eigenvalue weighted by Crippen LogP contribution is 2.19. The first-order valence-corrected chi connectivity index (χ1v) is 6.99. The van der Waals surface area contributed by atoms with Gasteiger partial charge in [0.15, 0.2) is 0 Å². The number of carbonyl (C=O) groups excluding carboxylic acids is 1. The minimum absolute atomic E-state index is 0.0737. The normalized spacial score (nSPS) is 19.2. The number of nitrogens with one attached hydrogen (secondary N) is 1. The summed E-state index contributed by atoms with van der Waals surface area (Å²) in [4.78, 5) is 11.8. The Morgan fingerprint density at radius 3 is 3.00 bits per heavy atom. The van der Waals surface area contributed by atoms with Gasteiger partial charge in [0.1, 0.15) is 0 Å². The van der Waals surface area contributed by atoms with E-state index in [1.807, 2.05) is 24.3 Å². The Bertz CT molecular complexity index is 389. The Hall–Kier alpha value is -0.620. The van der Waals surface area contributed by atoms with Crippen LogP contribution in [0.2, 0.25) is 0 Å². The highest BCUT2D eigenvalue weighted by Gasteiger charge is 2.16. The molecule has 0 saturated carbocycles. The number of benzene rings is 1. The monoisotopic (exact) mass is 345 g/mol. The fourth-order valence-electron chi connectivity index (χ4n) is 1.94. The molecule has 2 rings (SSSR count). The van der Waals surface area contributed by atoms with Gasteiger partial charge in [0.25, 0.3) is 0 Å². The van der Waals surface area contributed by atoms with Crippen LogP contribution in [0.1, 0.15) is 25.7 Å². The van der Waals surface area contributed by atoms with Crippen LogP contribution in [0.3, 0.4) is 0 Å². The lowest BCUT2D eigenvalue weighted by Crippen LogP contribution is -2.15. The van der Waals surface area contributed by atoms with Gasteiger partial charge in [0.05, 0.1) is 11.8 Å². The zero-order valence-electron chi connectivity index (χ0n) is 9.62. The number of carbonyl (C=O) groups is 1. The molecule has 0 spiro atoms. The van der Waals surface area contributed by atoms with Gasteiger partial charge in [-0.2, -0.15) is 0 Å². The molecule has 0 aliphatic carbocycles. The Morgan fingerprint density at radius 1 is 1.47 bits per heavy atom. The van der Waals surface area contributed by atoms with Crippen molar-refractivity contribution in [3.8, 4) is 0 Å². The van der Waals surface area contributed by atoms with Crippen molar-refractivity contribution in [3.63, 3.8) is 0 Å². The van der Waals surface area contributed by atoms with E-state index in [9.17, 15) is 4.79 Å². The van der Waals surface area contributed by atoms with E-state index in [4.69, 9.17) is 4.74 Å². The predicted molar refractivity (Wildman–Crippen MR) is 76.0 cm³/mol. The molecule has 3 nitrogen and oxygen atoms in total. The Kier molecular flexibility index (Phi) is 4.79. The van der Waals surface area contributed by atoms with Crippen molar-refractivity contribution in [2.45, 2.75) is 31.8 Å². The number of hydrogen-bond acceptors (Lipinski definition) is 2. The predicted octanol–water partition coefficient (Wildman–Crippen LogP) is 3.19. The third-order valence-electron chi connectivity index (χ3n) is 2.87. The quantitative estimate of drug-likeness (QED) is 0.852. The molecule has 1 aromatic rings. The van der Waals surface area contributed by atoms with Gasteiger partial charge < -0.3 is 10.1 Å². The van der Waals surface area contributed by atoms with Crippen molar-refractivity contribution in [1.82, 2.24) is 0 Å². The van der Waals surface area contributed by atoms with Gasteiger partial charge in [-0.3, -0.25) is 4.79 Å². The lowest BCUT2D eigenvalue weighted by Gasteiger charge is -2.10. The fourth-order valence-corrected chi connectivity index (χ4v) is 2.46. The summed E-state index contributed by atoms with van der Waals surface area (Å²) in [6.07, 6.45) is 3.87.